The molecule has 0 aromatic heterocycles. The van der Waals surface area contributed by atoms with E-state index in [0.717, 1.165) is 5.56 Å². The molecule has 1 rings (SSSR count). The standard InChI is InChI=1S/C12H15ClF3N/c1-8-3-4-9(10(13)7-8)11(17-2)5-6-12(14,15)16/h3-4,7,11,17H,5-6H2,1-2H3. The first kappa shape index (κ1) is 14.3. The summed E-state index contributed by atoms with van der Waals surface area (Å²) in [4.78, 5) is 0. The number of hydrogen-bond acceptors (Lipinski definition) is 1. The monoisotopic (exact) mass is 265 g/mol. The van der Waals surface area contributed by atoms with Crippen LogP contribution in [0.25, 0.3) is 0 Å². The van der Waals surface area contributed by atoms with Crippen molar-refractivity contribution in [3.63, 3.8) is 0 Å². The van der Waals surface area contributed by atoms with Crippen molar-refractivity contribution < 1.29 is 13.2 Å². The number of alkyl halides is 3. The van der Waals surface area contributed by atoms with Gasteiger partial charge in [0.25, 0.3) is 0 Å². The second-order valence-electron chi connectivity index (χ2n) is 4.02. The SMILES string of the molecule is CNC(CCC(F)(F)F)c1ccc(C)cc1Cl. The van der Waals surface area contributed by atoms with E-state index in [4.69, 9.17) is 11.6 Å². The molecule has 96 valence electrons. The Kier molecular flexibility index (Phi) is 4.83. The number of benzene rings is 1. The topological polar surface area (TPSA) is 12.0 Å². The Morgan fingerprint density at radius 2 is 2.00 bits per heavy atom. The Bertz CT molecular complexity index is 377. The Labute approximate surface area is 104 Å². The number of halogens is 4. The first-order valence-corrected chi connectivity index (χ1v) is 5.71. The van der Waals surface area contributed by atoms with Gasteiger partial charge in [-0.05, 0) is 37.6 Å². The van der Waals surface area contributed by atoms with Crippen LogP contribution in [0.2, 0.25) is 5.02 Å². The van der Waals surface area contributed by atoms with Gasteiger partial charge in [0, 0.05) is 17.5 Å². The van der Waals surface area contributed by atoms with Gasteiger partial charge in [-0.1, -0.05) is 23.7 Å². The summed E-state index contributed by atoms with van der Waals surface area (Å²) in [5.41, 5.74) is 1.70. The third kappa shape index (κ3) is 4.56. The molecule has 0 aliphatic heterocycles. The molecule has 17 heavy (non-hydrogen) atoms. The molecule has 0 heterocycles. The zero-order valence-corrected chi connectivity index (χ0v) is 10.5. The van der Waals surface area contributed by atoms with Crippen LogP contribution in [0, 0.1) is 6.92 Å². The van der Waals surface area contributed by atoms with Crippen LogP contribution in [0.4, 0.5) is 13.2 Å². The predicted molar refractivity (Wildman–Crippen MR) is 63.3 cm³/mol. The van der Waals surface area contributed by atoms with Crippen molar-refractivity contribution in [1.29, 1.82) is 0 Å². The normalized spacial score (nSPS) is 13.8. The van der Waals surface area contributed by atoms with Gasteiger partial charge in [0.1, 0.15) is 0 Å². The highest BCUT2D eigenvalue weighted by Gasteiger charge is 2.28. The molecule has 0 spiro atoms. The fraction of sp³-hybridized carbons (Fsp3) is 0.500. The van der Waals surface area contributed by atoms with Crippen molar-refractivity contribution in [2.24, 2.45) is 0 Å². The Hall–Kier alpha value is -0.740. The lowest BCUT2D eigenvalue weighted by Gasteiger charge is -2.19. The molecule has 0 amide bonds. The van der Waals surface area contributed by atoms with Crippen molar-refractivity contribution in [1.82, 2.24) is 5.32 Å². The fourth-order valence-electron chi connectivity index (χ4n) is 1.68. The summed E-state index contributed by atoms with van der Waals surface area (Å²) in [6.45, 7) is 1.89. The van der Waals surface area contributed by atoms with Crippen LogP contribution in [-0.2, 0) is 0 Å². The lowest BCUT2D eigenvalue weighted by atomic mass is 10.0. The zero-order chi connectivity index (χ0) is 13.1. The highest BCUT2D eigenvalue weighted by atomic mass is 35.5. The second kappa shape index (κ2) is 5.74. The maximum absolute atomic E-state index is 12.2. The molecule has 0 aliphatic rings. The molecule has 0 saturated heterocycles. The molecule has 1 aromatic rings. The maximum atomic E-state index is 12.2. The fourth-order valence-corrected chi connectivity index (χ4v) is 2.04. The summed E-state index contributed by atoms with van der Waals surface area (Å²) >= 11 is 6.03. The summed E-state index contributed by atoms with van der Waals surface area (Å²) in [7, 11) is 1.64. The molecule has 0 radical (unpaired) electrons. The number of nitrogens with one attached hydrogen (secondary N) is 1. The molecule has 1 unspecified atom stereocenters. The van der Waals surface area contributed by atoms with Crippen LogP contribution in [-0.4, -0.2) is 13.2 Å². The number of rotatable bonds is 4. The molecule has 0 fully saturated rings. The van der Waals surface area contributed by atoms with Gasteiger partial charge in [0.15, 0.2) is 0 Å². The third-order valence-corrected chi connectivity index (χ3v) is 2.92. The third-order valence-electron chi connectivity index (χ3n) is 2.60. The van der Waals surface area contributed by atoms with E-state index in [1.807, 2.05) is 13.0 Å². The van der Waals surface area contributed by atoms with Crippen LogP contribution < -0.4 is 5.32 Å². The summed E-state index contributed by atoms with van der Waals surface area (Å²) in [6.07, 6.45) is -4.96. The zero-order valence-electron chi connectivity index (χ0n) is 9.74. The molecule has 0 aliphatic carbocycles. The molecule has 1 atom stereocenters. The van der Waals surface area contributed by atoms with Crippen LogP contribution in [0.5, 0.6) is 0 Å². The minimum Gasteiger partial charge on any atom is -0.313 e. The van der Waals surface area contributed by atoms with Crippen molar-refractivity contribution in [2.45, 2.75) is 32.0 Å². The predicted octanol–water partition coefficient (Wildman–Crippen LogP) is 4.25. The van der Waals surface area contributed by atoms with Crippen LogP contribution in [0.1, 0.15) is 30.0 Å². The van der Waals surface area contributed by atoms with E-state index >= 15 is 0 Å². The van der Waals surface area contributed by atoms with E-state index in [0.29, 0.717) is 10.6 Å². The van der Waals surface area contributed by atoms with Crippen molar-refractivity contribution in [3.05, 3.63) is 34.3 Å². The smallest absolute Gasteiger partial charge is 0.313 e. The van der Waals surface area contributed by atoms with Gasteiger partial charge in [-0.15, -0.1) is 0 Å². The number of aryl methyl sites for hydroxylation is 1. The van der Waals surface area contributed by atoms with Crippen molar-refractivity contribution in [2.75, 3.05) is 7.05 Å². The second-order valence-corrected chi connectivity index (χ2v) is 4.43. The van der Waals surface area contributed by atoms with E-state index < -0.39 is 12.6 Å². The van der Waals surface area contributed by atoms with Gasteiger partial charge in [0.05, 0.1) is 0 Å². The van der Waals surface area contributed by atoms with E-state index in [1.54, 1.807) is 19.2 Å². The number of hydrogen-bond donors (Lipinski definition) is 1. The molecule has 0 saturated carbocycles. The molecular formula is C12H15ClF3N. The molecule has 1 aromatic carbocycles. The minimum absolute atomic E-state index is 0.0111. The molecular weight excluding hydrogens is 251 g/mol. The van der Waals surface area contributed by atoms with E-state index in [9.17, 15) is 13.2 Å². The maximum Gasteiger partial charge on any atom is 0.389 e. The lowest BCUT2D eigenvalue weighted by molar-refractivity contribution is -0.136. The van der Waals surface area contributed by atoms with Crippen LogP contribution in [0.3, 0.4) is 0 Å². The van der Waals surface area contributed by atoms with Crippen LogP contribution in [0.15, 0.2) is 18.2 Å². The van der Waals surface area contributed by atoms with Gasteiger partial charge < -0.3 is 5.32 Å². The lowest BCUT2D eigenvalue weighted by Crippen LogP contribution is -2.20. The van der Waals surface area contributed by atoms with Crippen molar-refractivity contribution in [3.8, 4) is 0 Å². The summed E-state index contributed by atoms with van der Waals surface area (Å²) in [5.74, 6) is 0. The Balaban J connectivity index is 2.79. The largest absolute Gasteiger partial charge is 0.389 e. The van der Waals surface area contributed by atoms with E-state index in [-0.39, 0.29) is 12.5 Å². The Morgan fingerprint density at radius 3 is 2.47 bits per heavy atom. The van der Waals surface area contributed by atoms with Gasteiger partial charge in [-0.3, -0.25) is 0 Å². The first-order valence-electron chi connectivity index (χ1n) is 5.33. The van der Waals surface area contributed by atoms with E-state index in [2.05, 4.69) is 5.32 Å². The van der Waals surface area contributed by atoms with E-state index in [1.165, 1.54) is 0 Å². The minimum atomic E-state index is -4.13. The average molecular weight is 266 g/mol. The summed E-state index contributed by atoms with van der Waals surface area (Å²) < 4.78 is 36.5. The van der Waals surface area contributed by atoms with Crippen LogP contribution >= 0.6 is 11.6 Å². The highest BCUT2D eigenvalue weighted by molar-refractivity contribution is 6.31. The van der Waals surface area contributed by atoms with Crippen molar-refractivity contribution >= 4 is 11.6 Å². The van der Waals surface area contributed by atoms with Gasteiger partial charge >= 0.3 is 6.18 Å². The van der Waals surface area contributed by atoms with Gasteiger partial charge in [0.2, 0.25) is 0 Å². The van der Waals surface area contributed by atoms with Gasteiger partial charge in [-0.2, -0.15) is 13.2 Å². The molecule has 1 nitrogen and oxygen atoms in total. The summed E-state index contributed by atoms with van der Waals surface area (Å²) in [5, 5.41) is 3.37. The summed E-state index contributed by atoms with van der Waals surface area (Å²) in [6, 6.07) is 5.01. The molecule has 5 heteroatoms. The molecule has 1 N–H and O–H groups in total. The highest BCUT2D eigenvalue weighted by Crippen LogP contribution is 2.31. The Morgan fingerprint density at radius 1 is 1.35 bits per heavy atom. The first-order chi connectivity index (χ1) is 7.83. The van der Waals surface area contributed by atoms with Gasteiger partial charge in [-0.25, -0.2) is 0 Å². The molecule has 0 bridgehead atoms. The average Bonchev–Trinajstić information content (AvgIpc) is 2.19. The quantitative estimate of drug-likeness (QED) is 0.858.